The number of hydrogen-bond acceptors (Lipinski definition) is 3. The molecule has 0 heterocycles. The molecule has 0 bridgehead atoms. The monoisotopic (exact) mass is 273 g/mol. The Kier molecular flexibility index (Phi) is 8.32. The molecule has 7 heteroatoms. The third-order valence-electron chi connectivity index (χ3n) is 2.47. The molecule has 0 saturated carbocycles. The van der Waals surface area contributed by atoms with E-state index >= 15 is 0 Å². The zero-order valence-electron chi connectivity index (χ0n) is 11.7. The summed E-state index contributed by atoms with van der Waals surface area (Å²) in [7, 11) is 1.45. The number of carbonyl (C=O) groups is 3. The van der Waals surface area contributed by atoms with Crippen LogP contribution in [0.3, 0.4) is 0 Å². The van der Waals surface area contributed by atoms with Crippen LogP contribution in [0.15, 0.2) is 0 Å². The lowest BCUT2D eigenvalue weighted by Gasteiger charge is -2.20. The van der Waals surface area contributed by atoms with Crippen molar-refractivity contribution in [3.8, 4) is 0 Å². The zero-order chi connectivity index (χ0) is 14.8. The molecule has 0 fully saturated rings. The second kappa shape index (κ2) is 9.18. The Morgan fingerprint density at radius 1 is 1.21 bits per heavy atom. The van der Waals surface area contributed by atoms with Gasteiger partial charge < -0.3 is 20.6 Å². The first-order chi connectivity index (χ1) is 8.92. The molecule has 19 heavy (non-hydrogen) atoms. The van der Waals surface area contributed by atoms with Crippen molar-refractivity contribution >= 4 is 17.9 Å². The number of carboxylic acids is 1. The number of rotatable bonds is 8. The molecular weight excluding hydrogens is 250 g/mol. The normalized spacial score (nSPS) is 11.5. The van der Waals surface area contributed by atoms with Crippen molar-refractivity contribution < 1.29 is 19.5 Å². The van der Waals surface area contributed by atoms with Gasteiger partial charge in [0.1, 0.15) is 12.6 Å². The highest BCUT2D eigenvalue weighted by atomic mass is 16.4. The van der Waals surface area contributed by atoms with Gasteiger partial charge in [-0.2, -0.15) is 0 Å². The molecular formula is C12H23N3O4. The van der Waals surface area contributed by atoms with Gasteiger partial charge in [0.25, 0.3) is 0 Å². The van der Waals surface area contributed by atoms with Gasteiger partial charge in [-0.1, -0.05) is 20.3 Å². The smallest absolute Gasteiger partial charge is 0.326 e. The van der Waals surface area contributed by atoms with Crippen LogP contribution in [0.2, 0.25) is 0 Å². The minimum absolute atomic E-state index is 0.0930. The van der Waals surface area contributed by atoms with Crippen LogP contribution in [0.4, 0.5) is 4.79 Å². The Labute approximate surface area is 113 Å². The average molecular weight is 273 g/mol. The largest absolute Gasteiger partial charge is 0.480 e. The first-order valence-electron chi connectivity index (χ1n) is 6.43. The maximum absolute atomic E-state index is 11.7. The van der Waals surface area contributed by atoms with Crippen LogP contribution in [0.25, 0.3) is 0 Å². The van der Waals surface area contributed by atoms with E-state index in [1.165, 1.54) is 7.05 Å². The fraction of sp³-hybridized carbons (Fsp3) is 0.750. The predicted octanol–water partition coefficient (Wildman–Crippen LogP) is 0.407. The first-order valence-corrected chi connectivity index (χ1v) is 6.43. The molecule has 0 aromatic rings. The van der Waals surface area contributed by atoms with E-state index in [0.29, 0.717) is 19.4 Å². The van der Waals surface area contributed by atoms with E-state index in [1.807, 2.05) is 13.8 Å². The molecule has 3 amide bonds. The number of carboxylic acid groups (broad SMARTS) is 1. The lowest BCUT2D eigenvalue weighted by molar-refractivity contribution is -0.139. The van der Waals surface area contributed by atoms with Gasteiger partial charge in [0.15, 0.2) is 0 Å². The number of amides is 3. The minimum atomic E-state index is -1.07. The molecule has 0 aliphatic rings. The van der Waals surface area contributed by atoms with Crippen molar-refractivity contribution in [2.45, 2.75) is 39.2 Å². The van der Waals surface area contributed by atoms with E-state index in [0.717, 1.165) is 11.3 Å². The van der Waals surface area contributed by atoms with E-state index in [2.05, 4.69) is 10.6 Å². The van der Waals surface area contributed by atoms with Crippen molar-refractivity contribution in [1.82, 2.24) is 15.5 Å². The van der Waals surface area contributed by atoms with E-state index in [9.17, 15) is 14.4 Å². The Balaban J connectivity index is 4.24. The number of nitrogens with zero attached hydrogens (tertiary/aromatic N) is 1. The Morgan fingerprint density at radius 2 is 1.84 bits per heavy atom. The van der Waals surface area contributed by atoms with Crippen LogP contribution >= 0.6 is 0 Å². The topological polar surface area (TPSA) is 98.7 Å². The fourth-order valence-corrected chi connectivity index (χ4v) is 1.41. The third kappa shape index (κ3) is 7.28. The highest BCUT2D eigenvalue weighted by Gasteiger charge is 2.21. The van der Waals surface area contributed by atoms with Gasteiger partial charge in [-0.05, 0) is 12.8 Å². The highest BCUT2D eigenvalue weighted by molar-refractivity contribution is 5.86. The number of carbonyl (C=O) groups excluding carboxylic acids is 2. The summed E-state index contributed by atoms with van der Waals surface area (Å²) in [5.74, 6) is -1.33. The fourth-order valence-electron chi connectivity index (χ4n) is 1.41. The van der Waals surface area contributed by atoms with Crippen LogP contribution in [0.1, 0.15) is 33.1 Å². The number of aliphatic carboxylic acids is 1. The van der Waals surface area contributed by atoms with Crippen molar-refractivity contribution in [2.24, 2.45) is 0 Å². The summed E-state index contributed by atoms with van der Waals surface area (Å²) in [4.78, 5) is 35.2. The second-order valence-electron chi connectivity index (χ2n) is 4.34. The Bertz CT molecular complexity index is 320. The van der Waals surface area contributed by atoms with Gasteiger partial charge in [0, 0.05) is 13.6 Å². The van der Waals surface area contributed by atoms with E-state index in [-0.39, 0.29) is 12.5 Å². The van der Waals surface area contributed by atoms with Gasteiger partial charge in [-0.15, -0.1) is 0 Å². The van der Waals surface area contributed by atoms with Gasteiger partial charge in [-0.3, -0.25) is 4.79 Å². The molecule has 0 spiro atoms. The maximum atomic E-state index is 11.7. The standard InChI is InChI=1S/C12H23N3O4/c1-4-6-9(11(17)18)14-12(19)15(3)8-10(16)13-7-5-2/h9H,4-8H2,1-3H3,(H,13,16)(H,14,19)(H,17,18)/t9-/m0/s1. The van der Waals surface area contributed by atoms with Crippen molar-refractivity contribution in [2.75, 3.05) is 20.1 Å². The second-order valence-corrected chi connectivity index (χ2v) is 4.34. The number of nitrogens with one attached hydrogen (secondary N) is 2. The van der Waals surface area contributed by atoms with Crippen molar-refractivity contribution in [1.29, 1.82) is 0 Å². The summed E-state index contributed by atoms with van der Waals surface area (Å²) in [6.45, 7) is 4.23. The van der Waals surface area contributed by atoms with Gasteiger partial charge in [-0.25, -0.2) is 9.59 Å². The summed E-state index contributed by atoms with van der Waals surface area (Å²) in [5.41, 5.74) is 0. The molecule has 1 atom stereocenters. The summed E-state index contributed by atoms with van der Waals surface area (Å²) < 4.78 is 0. The molecule has 0 aromatic carbocycles. The predicted molar refractivity (Wildman–Crippen MR) is 70.8 cm³/mol. The van der Waals surface area contributed by atoms with E-state index in [1.54, 1.807) is 0 Å². The first kappa shape index (κ1) is 17.2. The maximum Gasteiger partial charge on any atom is 0.326 e. The molecule has 0 aliphatic carbocycles. The minimum Gasteiger partial charge on any atom is -0.480 e. The molecule has 0 aliphatic heterocycles. The van der Waals surface area contributed by atoms with Gasteiger partial charge in [0.05, 0.1) is 0 Å². The van der Waals surface area contributed by atoms with E-state index < -0.39 is 18.0 Å². The molecule has 0 unspecified atom stereocenters. The lowest BCUT2D eigenvalue weighted by Crippen LogP contribution is -2.49. The number of likely N-dealkylation sites (N-methyl/N-ethyl adjacent to an activating group) is 1. The highest BCUT2D eigenvalue weighted by Crippen LogP contribution is 1.98. The third-order valence-corrected chi connectivity index (χ3v) is 2.47. The van der Waals surface area contributed by atoms with Crippen molar-refractivity contribution in [3.63, 3.8) is 0 Å². The SMILES string of the molecule is CCCNC(=O)CN(C)C(=O)N[C@@H](CCC)C(=O)O. The molecule has 0 radical (unpaired) electrons. The molecule has 0 rings (SSSR count). The summed E-state index contributed by atoms with van der Waals surface area (Å²) in [6.07, 6.45) is 1.83. The molecule has 3 N–H and O–H groups in total. The van der Waals surface area contributed by atoms with Crippen LogP contribution in [-0.2, 0) is 9.59 Å². The lowest BCUT2D eigenvalue weighted by atomic mass is 10.2. The van der Waals surface area contributed by atoms with Gasteiger partial charge in [0.2, 0.25) is 5.91 Å². The van der Waals surface area contributed by atoms with Crippen LogP contribution in [-0.4, -0.2) is 54.1 Å². The van der Waals surface area contributed by atoms with Gasteiger partial charge >= 0.3 is 12.0 Å². The van der Waals surface area contributed by atoms with Crippen LogP contribution < -0.4 is 10.6 Å². The average Bonchev–Trinajstić information content (AvgIpc) is 2.35. The summed E-state index contributed by atoms with van der Waals surface area (Å²) in [5, 5.41) is 13.9. The van der Waals surface area contributed by atoms with E-state index in [4.69, 9.17) is 5.11 Å². The molecule has 7 nitrogen and oxygen atoms in total. The van der Waals surface area contributed by atoms with Crippen LogP contribution in [0, 0.1) is 0 Å². The van der Waals surface area contributed by atoms with Crippen molar-refractivity contribution in [3.05, 3.63) is 0 Å². The number of hydrogen-bond donors (Lipinski definition) is 3. The summed E-state index contributed by atoms with van der Waals surface area (Å²) >= 11 is 0. The molecule has 0 saturated heterocycles. The quantitative estimate of drug-likeness (QED) is 0.596. The Hall–Kier alpha value is -1.79. The Morgan fingerprint density at radius 3 is 2.32 bits per heavy atom. The molecule has 0 aromatic heterocycles. The molecule has 110 valence electrons. The van der Waals surface area contributed by atoms with Crippen LogP contribution in [0.5, 0.6) is 0 Å². The summed E-state index contributed by atoms with van der Waals surface area (Å²) in [6, 6.07) is -1.48. The zero-order valence-corrected chi connectivity index (χ0v) is 11.7. The number of urea groups is 1.